The molecule has 0 saturated heterocycles. The standard InChI is InChI=1S/C8H10N4O/c9-4-1-5-10-8-12-11-7(13-8)6-2-3-6/h6H,1-3,5H2,(H,10,12). The van der Waals surface area contributed by atoms with Crippen LogP contribution in [0.3, 0.4) is 0 Å². The highest BCUT2D eigenvalue weighted by atomic mass is 16.4. The van der Waals surface area contributed by atoms with Crippen molar-refractivity contribution in [3.05, 3.63) is 5.89 Å². The van der Waals surface area contributed by atoms with E-state index in [2.05, 4.69) is 15.5 Å². The molecule has 1 heterocycles. The first kappa shape index (κ1) is 8.05. The average Bonchev–Trinajstić information content (AvgIpc) is 2.88. The number of hydrogen-bond acceptors (Lipinski definition) is 5. The van der Waals surface area contributed by atoms with E-state index < -0.39 is 0 Å². The normalized spacial score (nSPS) is 15.3. The Morgan fingerprint density at radius 2 is 2.38 bits per heavy atom. The van der Waals surface area contributed by atoms with Crippen molar-refractivity contribution in [3.8, 4) is 6.07 Å². The number of nitrogens with one attached hydrogen (secondary N) is 1. The molecule has 0 unspecified atom stereocenters. The zero-order chi connectivity index (χ0) is 9.10. The Labute approximate surface area is 75.8 Å². The largest absolute Gasteiger partial charge is 0.408 e. The minimum absolute atomic E-state index is 0.428. The van der Waals surface area contributed by atoms with E-state index in [1.165, 1.54) is 0 Å². The maximum absolute atomic E-state index is 8.29. The summed E-state index contributed by atoms with van der Waals surface area (Å²) in [4.78, 5) is 0. The molecule has 5 heteroatoms. The average molecular weight is 178 g/mol. The predicted octanol–water partition coefficient (Wildman–Crippen LogP) is 1.27. The number of aromatic nitrogens is 2. The third-order valence-corrected chi connectivity index (χ3v) is 1.88. The summed E-state index contributed by atoms with van der Waals surface area (Å²) in [5, 5.41) is 18.9. The molecule has 1 fully saturated rings. The van der Waals surface area contributed by atoms with Crippen molar-refractivity contribution in [3.63, 3.8) is 0 Å². The zero-order valence-corrected chi connectivity index (χ0v) is 7.16. The minimum Gasteiger partial charge on any atom is -0.408 e. The Hall–Kier alpha value is -1.57. The molecule has 5 nitrogen and oxygen atoms in total. The number of nitriles is 1. The molecule has 0 aliphatic heterocycles. The van der Waals surface area contributed by atoms with Gasteiger partial charge in [0.2, 0.25) is 5.89 Å². The van der Waals surface area contributed by atoms with Crippen LogP contribution in [0.4, 0.5) is 6.01 Å². The molecule has 1 saturated carbocycles. The Balaban J connectivity index is 1.86. The van der Waals surface area contributed by atoms with Crippen LogP contribution >= 0.6 is 0 Å². The van der Waals surface area contributed by atoms with Crippen molar-refractivity contribution in [2.45, 2.75) is 25.2 Å². The summed E-state index contributed by atoms with van der Waals surface area (Å²) in [5.74, 6) is 1.21. The van der Waals surface area contributed by atoms with Crippen LogP contribution in [0.1, 0.15) is 31.1 Å². The summed E-state index contributed by atoms with van der Waals surface area (Å²) in [6, 6.07) is 2.46. The van der Waals surface area contributed by atoms with Crippen molar-refractivity contribution in [1.29, 1.82) is 5.26 Å². The maximum atomic E-state index is 8.29. The van der Waals surface area contributed by atoms with E-state index in [4.69, 9.17) is 9.68 Å². The van der Waals surface area contributed by atoms with E-state index in [1.807, 2.05) is 6.07 Å². The molecule has 1 aliphatic rings. The van der Waals surface area contributed by atoms with Crippen LogP contribution in [0, 0.1) is 11.3 Å². The van der Waals surface area contributed by atoms with E-state index in [1.54, 1.807) is 0 Å². The lowest BCUT2D eigenvalue weighted by atomic mass is 10.4. The minimum atomic E-state index is 0.428. The Bertz CT molecular complexity index is 323. The van der Waals surface area contributed by atoms with Crippen molar-refractivity contribution < 1.29 is 4.42 Å². The fraction of sp³-hybridized carbons (Fsp3) is 0.625. The van der Waals surface area contributed by atoms with Gasteiger partial charge in [0.25, 0.3) is 0 Å². The van der Waals surface area contributed by atoms with Crippen molar-refractivity contribution in [2.24, 2.45) is 0 Å². The SMILES string of the molecule is N#CCCNc1nnc(C2CC2)o1. The van der Waals surface area contributed by atoms with Crippen LogP contribution < -0.4 is 5.32 Å². The number of hydrogen-bond donors (Lipinski definition) is 1. The van der Waals surface area contributed by atoms with Gasteiger partial charge >= 0.3 is 6.01 Å². The van der Waals surface area contributed by atoms with Gasteiger partial charge in [-0.25, -0.2) is 0 Å². The number of rotatable bonds is 4. The predicted molar refractivity (Wildman–Crippen MR) is 45.0 cm³/mol. The van der Waals surface area contributed by atoms with Crippen LogP contribution in [-0.4, -0.2) is 16.7 Å². The molecule has 2 rings (SSSR count). The second kappa shape index (κ2) is 3.44. The first-order valence-electron chi connectivity index (χ1n) is 4.34. The highest BCUT2D eigenvalue weighted by Gasteiger charge is 2.29. The summed E-state index contributed by atoms with van der Waals surface area (Å²) in [6.45, 7) is 0.558. The van der Waals surface area contributed by atoms with Crippen LogP contribution in [0.15, 0.2) is 4.42 Å². The lowest BCUT2D eigenvalue weighted by Gasteiger charge is -1.93. The summed E-state index contributed by atoms with van der Waals surface area (Å²) in [5.41, 5.74) is 0. The van der Waals surface area contributed by atoms with Gasteiger partial charge in [0.1, 0.15) is 0 Å². The van der Waals surface area contributed by atoms with Gasteiger partial charge in [-0.3, -0.25) is 0 Å². The van der Waals surface area contributed by atoms with Crippen LogP contribution in [0.5, 0.6) is 0 Å². The van der Waals surface area contributed by atoms with Gasteiger partial charge in [-0.15, -0.1) is 5.10 Å². The first-order valence-corrected chi connectivity index (χ1v) is 4.34. The van der Waals surface area contributed by atoms with Crippen molar-refractivity contribution in [1.82, 2.24) is 10.2 Å². The summed E-state index contributed by atoms with van der Waals surface area (Å²) >= 11 is 0. The fourth-order valence-corrected chi connectivity index (χ4v) is 1.03. The van der Waals surface area contributed by atoms with E-state index in [0.717, 1.165) is 18.7 Å². The lowest BCUT2D eigenvalue weighted by molar-refractivity contribution is 0.507. The highest BCUT2D eigenvalue weighted by Crippen LogP contribution is 2.39. The van der Waals surface area contributed by atoms with Crippen molar-refractivity contribution in [2.75, 3.05) is 11.9 Å². The lowest BCUT2D eigenvalue weighted by Crippen LogP contribution is -1.99. The molecule has 0 aromatic carbocycles. The van der Waals surface area contributed by atoms with Crippen LogP contribution in [0.2, 0.25) is 0 Å². The summed E-state index contributed by atoms with van der Waals surface area (Å²) < 4.78 is 5.31. The molecule has 13 heavy (non-hydrogen) atoms. The fourth-order valence-electron chi connectivity index (χ4n) is 1.03. The summed E-state index contributed by atoms with van der Waals surface area (Å²) in [6.07, 6.45) is 2.75. The van der Waals surface area contributed by atoms with Gasteiger partial charge in [-0.05, 0) is 12.8 Å². The van der Waals surface area contributed by atoms with Gasteiger partial charge in [0.15, 0.2) is 0 Å². The maximum Gasteiger partial charge on any atom is 0.315 e. The van der Waals surface area contributed by atoms with E-state index in [9.17, 15) is 0 Å². The molecule has 0 atom stereocenters. The molecule has 1 N–H and O–H groups in total. The first-order chi connectivity index (χ1) is 6.40. The van der Waals surface area contributed by atoms with Gasteiger partial charge < -0.3 is 9.73 Å². The van der Waals surface area contributed by atoms with Crippen molar-refractivity contribution >= 4 is 6.01 Å². The number of nitrogens with zero attached hydrogens (tertiary/aromatic N) is 3. The molecule has 68 valence electrons. The Morgan fingerprint density at radius 1 is 1.54 bits per heavy atom. The zero-order valence-electron chi connectivity index (χ0n) is 7.16. The third kappa shape index (κ3) is 1.96. The van der Waals surface area contributed by atoms with Crippen LogP contribution in [-0.2, 0) is 0 Å². The Morgan fingerprint density at radius 3 is 3.08 bits per heavy atom. The molecule has 1 aromatic rings. The second-order valence-electron chi connectivity index (χ2n) is 3.05. The quantitative estimate of drug-likeness (QED) is 0.703. The number of anilines is 1. The van der Waals surface area contributed by atoms with E-state index >= 15 is 0 Å². The monoisotopic (exact) mass is 178 g/mol. The van der Waals surface area contributed by atoms with Gasteiger partial charge in [0, 0.05) is 12.5 Å². The molecular weight excluding hydrogens is 168 g/mol. The molecule has 0 amide bonds. The van der Waals surface area contributed by atoms with Crippen LogP contribution in [0.25, 0.3) is 0 Å². The van der Waals surface area contributed by atoms with E-state index in [-0.39, 0.29) is 0 Å². The highest BCUT2D eigenvalue weighted by molar-refractivity contribution is 5.18. The van der Waals surface area contributed by atoms with E-state index in [0.29, 0.717) is 24.9 Å². The smallest absolute Gasteiger partial charge is 0.315 e. The molecule has 0 radical (unpaired) electrons. The third-order valence-electron chi connectivity index (χ3n) is 1.88. The summed E-state index contributed by atoms with van der Waals surface area (Å²) in [7, 11) is 0. The molecular formula is C8H10N4O. The topological polar surface area (TPSA) is 74.7 Å². The molecule has 0 spiro atoms. The van der Waals surface area contributed by atoms with Gasteiger partial charge in [-0.2, -0.15) is 5.26 Å². The Kier molecular flexibility index (Phi) is 2.13. The van der Waals surface area contributed by atoms with Gasteiger partial charge in [-0.1, -0.05) is 5.10 Å². The second-order valence-corrected chi connectivity index (χ2v) is 3.05. The molecule has 1 aliphatic carbocycles. The molecule has 0 bridgehead atoms. The molecule has 1 aromatic heterocycles. The van der Waals surface area contributed by atoms with Gasteiger partial charge in [0.05, 0.1) is 12.5 Å².